The molecule has 3 heteroatoms. The van der Waals surface area contributed by atoms with Crippen LogP contribution in [0, 0.1) is 0 Å². The molecule has 2 N–H and O–H groups in total. The molecule has 1 heterocycles. The Balaban J connectivity index is 2.02. The fourth-order valence-electron chi connectivity index (χ4n) is 2.81. The van der Waals surface area contributed by atoms with E-state index < -0.39 is 0 Å². The zero-order valence-electron chi connectivity index (χ0n) is 11.6. The van der Waals surface area contributed by atoms with Crippen LogP contribution in [0.2, 0.25) is 0 Å². The maximum absolute atomic E-state index is 5.95. The molecular weight excluding hydrogens is 312 g/mol. The number of fused-ring (bicyclic) bond motifs is 1. The van der Waals surface area contributed by atoms with Gasteiger partial charge in [0.05, 0.1) is 5.69 Å². The highest BCUT2D eigenvalue weighted by Crippen LogP contribution is 2.38. The number of anilines is 2. The normalized spacial score (nSPS) is 15.8. The summed E-state index contributed by atoms with van der Waals surface area (Å²) in [6.07, 6.45) is 2.36. The summed E-state index contributed by atoms with van der Waals surface area (Å²) < 4.78 is 1.11. The average Bonchev–Trinajstić information content (AvgIpc) is 2.46. The summed E-state index contributed by atoms with van der Waals surface area (Å²) in [6, 6.07) is 15.2. The number of hydrogen-bond donors (Lipinski definition) is 1. The standard InChI is InChI=1S/C17H19BrN2/c1-12(19)14-8-9-17(15(18)11-14)20-10-4-6-13-5-2-3-7-16(13)20/h2-3,5,7-9,11-12H,4,6,10,19H2,1H3. The molecule has 0 aromatic heterocycles. The van der Waals surface area contributed by atoms with Gasteiger partial charge >= 0.3 is 0 Å². The largest absolute Gasteiger partial charge is 0.340 e. The molecule has 0 saturated heterocycles. The van der Waals surface area contributed by atoms with Crippen LogP contribution in [0.25, 0.3) is 0 Å². The van der Waals surface area contributed by atoms with E-state index in [0.717, 1.165) is 16.6 Å². The molecule has 2 aromatic rings. The van der Waals surface area contributed by atoms with Crippen molar-refractivity contribution >= 4 is 27.3 Å². The van der Waals surface area contributed by atoms with Crippen LogP contribution in [0.4, 0.5) is 11.4 Å². The summed E-state index contributed by atoms with van der Waals surface area (Å²) in [5.41, 5.74) is 11.1. The van der Waals surface area contributed by atoms with Crippen LogP contribution in [-0.2, 0) is 6.42 Å². The monoisotopic (exact) mass is 330 g/mol. The molecule has 3 rings (SSSR count). The van der Waals surface area contributed by atoms with Gasteiger partial charge in [0.25, 0.3) is 0 Å². The van der Waals surface area contributed by atoms with E-state index in [9.17, 15) is 0 Å². The lowest BCUT2D eigenvalue weighted by Crippen LogP contribution is -2.24. The summed E-state index contributed by atoms with van der Waals surface area (Å²) in [4.78, 5) is 2.40. The zero-order valence-corrected chi connectivity index (χ0v) is 13.2. The molecule has 1 atom stereocenters. The molecule has 1 unspecified atom stereocenters. The van der Waals surface area contributed by atoms with E-state index in [-0.39, 0.29) is 6.04 Å². The second-order valence-electron chi connectivity index (χ2n) is 5.38. The summed E-state index contributed by atoms with van der Waals surface area (Å²) >= 11 is 3.71. The van der Waals surface area contributed by atoms with E-state index in [1.807, 2.05) is 6.92 Å². The number of halogens is 1. The van der Waals surface area contributed by atoms with Gasteiger partial charge in [-0.1, -0.05) is 24.3 Å². The molecule has 2 aromatic carbocycles. The van der Waals surface area contributed by atoms with Gasteiger partial charge < -0.3 is 10.6 Å². The van der Waals surface area contributed by atoms with Gasteiger partial charge in [0.15, 0.2) is 0 Å². The van der Waals surface area contributed by atoms with E-state index in [0.29, 0.717) is 0 Å². The number of para-hydroxylation sites is 1. The van der Waals surface area contributed by atoms with Crippen LogP contribution in [0.1, 0.15) is 30.5 Å². The molecular formula is C17H19BrN2. The van der Waals surface area contributed by atoms with Crippen molar-refractivity contribution in [1.82, 2.24) is 0 Å². The van der Waals surface area contributed by atoms with Gasteiger partial charge in [0.1, 0.15) is 0 Å². The number of benzene rings is 2. The maximum atomic E-state index is 5.95. The van der Waals surface area contributed by atoms with Gasteiger partial charge in [-0.2, -0.15) is 0 Å². The smallest absolute Gasteiger partial charge is 0.0555 e. The highest BCUT2D eigenvalue weighted by molar-refractivity contribution is 9.10. The fourth-order valence-corrected chi connectivity index (χ4v) is 3.42. The minimum atomic E-state index is 0.0639. The molecule has 0 radical (unpaired) electrons. The highest BCUT2D eigenvalue weighted by atomic mass is 79.9. The fraction of sp³-hybridized carbons (Fsp3) is 0.294. The van der Waals surface area contributed by atoms with E-state index in [1.165, 1.54) is 29.8 Å². The summed E-state index contributed by atoms with van der Waals surface area (Å²) in [7, 11) is 0. The molecule has 0 amide bonds. The van der Waals surface area contributed by atoms with Crippen molar-refractivity contribution < 1.29 is 0 Å². The van der Waals surface area contributed by atoms with Crippen molar-refractivity contribution in [3.05, 3.63) is 58.1 Å². The SMILES string of the molecule is CC(N)c1ccc(N2CCCc3ccccc32)c(Br)c1. The van der Waals surface area contributed by atoms with E-state index in [2.05, 4.69) is 63.3 Å². The van der Waals surface area contributed by atoms with Crippen LogP contribution >= 0.6 is 15.9 Å². The molecule has 0 spiro atoms. The topological polar surface area (TPSA) is 29.3 Å². The second kappa shape index (κ2) is 5.58. The first-order chi connectivity index (χ1) is 9.66. The molecule has 0 bridgehead atoms. The Morgan fingerprint density at radius 1 is 1.15 bits per heavy atom. The molecule has 104 valence electrons. The number of aryl methyl sites for hydroxylation is 1. The molecule has 0 saturated carbocycles. The number of hydrogen-bond acceptors (Lipinski definition) is 2. The van der Waals surface area contributed by atoms with Crippen molar-refractivity contribution in [2.45, 2.75) is 25.8 Å². The lowest BCUT2D eigenvalue weighted by molar-refractivity contribution is 0.764. The van der Waals surface area contributed by atoms with Gasteiger partial charge in [-0.25, -0.2) is 0 Å². The minimum Gasteiger partial charge on any atom is -0.340 e. The molecule has 2 nitrogen and oxygen atoms in total. The van der Waals surface area contributed by atoms with Crippen molar-refractivity contribution in [1.29, 1.82) is 0 Å². The van der Waals surface area contributed by atoms with Crippen molar-refractivity contribution in [2.75, 3.05) is 11.4 Å². The predicted octanol–water partition coefficient (Wildman–Crippen LogP) is 4.55. The third kappa shape index (κ3) is 2.48. The van der Waals surface area contributed by atoms with Gasteiger partial charge in [-0.3, -0.25) is 0 Å². The minimum absolute atomic E-state index is 0.0639. The zero-order chi connectivity index (χ0) is 14.1. The van der Waals surface area contributed by atoms with Crippen LogP contribution in [-0.4, -0.2) is 6.54 Å². The number of nitrogens with zero attached hydrogens (tertiary/aromatic N) is 1. The highest BCUT2D eigenvalue weighted by Gasteiger charge is 2.19. The van der Waals surface area contributed by atoms with Crippen LogP contribution in [0.3, 0.4) is 0 Å². The molecule has 20 heavy (non-hydrogen) atoms. The Bertz CT molecular complexity index is 622. The summed E-state index contributed by atoms with van der Waals surface area (Å²) in [6.45, 7) is 3.07. The molecule has 0 aliphatic carbocycles. The average molecular weight is 331 g/mol. The Morgan fingerprint density at radius 2 is 1.95 bits per heavy atom. The van der Waals surface area contributed by atoms with Crippen LogP contribution in [0.15, 0.2) is 46.9 Å². The van der Waals surface area contributed by atoms with Gasteiger partial charge in [0.2, 0.25) is 0 Å². The lowest BCUT2D eigenvalue weighted by atomic mass is 10.0. The van der Waals surface area contributed by atoms with Crippen molar-refractivity contribution in [2.24, 2.45) is 5.73 Å². The second-order valence-corrected chi connectivity index (χ2v) is 6.24. The first-order valence-corrected chi connectivity index (χ1v) is 7.86. The van der Waals surface area contributed by atoms with Crippen LogP contribution < -0.4 is 10.6 Å². The molecule has 0 fully saturated rings. The van der Waals surface area contributed by atoms with Gasteiger partial charge in [-0.15, -0.1) is 0 Å². The number of nitrogens with two attached hydrogens (primary N) is 1. The Morgan fingerprint density at radius 3 is 2.70 bits per heavy atom. The summed E-state index contributed by atoms with van der Waals surface area (Å²) in [5.74, 6) is 0. The van der Waals surface area contributed by atoms with Crippen LogP contribution in [0.5, 0.6) is 0 Å². The van der Waals surface area contributed by atoms with Gasteiger partial charge in [-0.05, 0) is 65.0 Å². The quantitative estimate of drug-likeness (QED) is 0.874. The maximum Gasteiger partial charge on any atom is 0.0555 e. The lowest BCUT2D eigenvalue weighted by Gasteiger charge is -2.32. The first-order valence-electron chi connectivity index (χ1n) is 7.07. The molecule has 1 aliphatic heterocycles. The van der Waals surface area contributed by atoms with Crippen molar-refractivity contribution in [3.8, 4) is 0 Å². The van der Waals surface area contributed by atoms with E-state index in [1.54, 1.807) is 0 Å². The van der Waals surface area contributed by atoms with E-state index >= 15 is 0 Å². The Kier molecular flexibility index (Phi) is 3.81. The summed E-state index contributed by atoms with van der Waals surface area (Å²) in [5, 5.41) is 0. The Hall–Kier alpha value is -1.32. The third-order valence-electron chi connectivity index (χ3n) is 3.90. The number of rotatable bonds is 2. The predicted molar refractivity (Wildman–Crippen MR) is 88.5 cm³/mol. The van der Waals surface area contributed by atoms with E-state index in [4.69, 9.17) is 5.73 Å². The molecule has 1 aliphatic rings. The first kappa shape index (κ1) is 13.7. The van der Waals surface area contributed by atoms with Gasteiger partial charge in [0, 0.05) is 22.7 Å². The Labute approximate surface area is 128 Å². The third-order valence-corrected chi connectivity index (χ3v) is 4.53. The van der Waals surface area contributed by atoms with Crippen molar-refractivity contribution in [3.63, 3.8) is 0 Å².